The van der Waals surface area contributed by atoms with Crippen molar-refractivity contribution in [2.75, 3.05) is 24.3 Å². The van der Waals surface area contributed by atoms with E-state index in [0.717, 1.165) is 35.8 Å². The largest absolute Gasteiger partial charge is 0.495 e. The third-order valence-corrected chi connectivity index (χ3v) is 3.81. The van der Waals surface area contributed by atoms with Crippen molar-refractivity contribution in [1.82, 2.24) is 9.97 Å². The first kappa shape index (κ1) is 16.8. The van der Waals surface area contributed by atoms with Gasteiger partial charge in [-0.05, 0) is 42.7 Å². The minimum Gasteiger partial charge on any atom is -0.495 e. The van der Waals surface area contributed by atoms with Crippen LogP contribution in [0.3, 0.4) is 0 Å². The average molecular weight is 334 g/mol. The zero-order valence-electron chi connectivity index (χ0n) is 14.5. The van der Waals surface area contributed by atoms with Crippen LogP contribution >= 0.6 is 0 Å². The van der Waals surface area contributed by atoms with E-state index in [0.29, 0.717) is 5.95 Å². The van der Waals surface area contributed by atoms with Crippen LogP contribution in [0.15, 0.2) is 60.8 Å². The second-order valence-electron chi connectivity index (χ2n) is 5.76. The van der Waals surface area contributed by atoms with Crippen molar-refractivity contribution in [2.24, 2.45) is 0 Å². The fourth-order valence-corrected chi connectivity index (χ4v) is 2.53. The van der Waals surface area contributed by atoms with E-state index in [-0.39, 0.29) is 0 Å². The highest BCUT2D eigenvalue weighted by Gasteiger charge is 2.05. The molecule has 25 heavy (non-hydrogen) atoms. The van der Waals surface area contributed by atoms with Gasteiger partial charge >= 0.3 is 0 Å². The summed E-state index contributed by atoms with van der Waals surface area (Å²) in [6.45, 7) is 2.82. The number of nitrogens with zero attached hydrogens (tertiary/aromatic N) is 2. The lowest BCUT2D eigenvalue weighted by atomic mass is 10.1. The molecule has 2 N–H and O–H groups in total. The highest BCUT2D eigenvalue weighted by Crippen LogP contribution is 2.27. The normalized spacial score (nSPS) is 10.3. The lowest BCUT2D eigenvalue weighted by Crippen LogP contribution is -2.08. The average Bonchev–Trinajstić information content (AvgIpc) is 2.63. The molecule has 3 aromatic rings. The van der Waals surface area contributed by atoms with Crippen LogP contribution < -0.4 is 15.4 Å². The summed E-state index contributed by atoms with van der Waals surface area (Å²) >= 11 is 0. The highest BCUT2D eigenvalue weighted by atomic mass is 16.5. The van der Waals surface area contributed by atoms with Crippen LogP contribution in [-0.2, 0) is 6.42 Å². The highest BCUT2D eigenvalue weighted by molar-refractivity contribution is 5.65. The molecule has 0 aliphatic rings. The third kappa shape index (κ3) is 4.70. The number of hydrogen-bond donors (Lipinski definition) is 2. The SMILES string of the molecule is COc1ccc(C)cc1Nc1ccnc(NCCc2ccccc2)n1. The maximum Gasteiger partial charge on any atom is 0.224 e. The van der Waals surface area contributed by atoms with Gasteiger partial charge in [0, 0.05) is 12.7 Å². The van der Waals surface area contributed by atoms with Crippen molar-refractivity contribution in [3.8, 4) is 5.75 Å². The Morgan fingerprint density at radius 3 is 2.68 bits per heavy atom. The number of benzene rings is 2. The molecule has 0 spiro atoms. The maximum atomic E-state index is 5.40. The van der Waals surface area contributed by atoms with Crippen LogP contribution in [0.25, 0.3) is 0 Å². The molecule has 1 heterocycles. The monoisotopic (exact) mass is 334 g/mol. The second-order valence-corrected chi connectivity index (χ2v) is 5.76. The van der Waals surface area contributed by atoms with Crippen molar-refractivity contribution in [1.29, 1.82) is 0 Å². The number of hydrogen-bond acceptors (Lipinski definition) is 5. The molecule has 0 aliphatic heterocycles. The Morgan fingerprint density at radius 1 is 1.04 bits per heavy atom. The quantitative estimate of drug-likeness (QED) is 0.678. The zero-order valence-corrected chi connectivity index (χ0v) is 14.5. The molecule has 0 radical (unpaired) electrons. The van der Waals surface area contributed by atoms with Crippen molar-refractivity contribution < 1.29 is 4.74 Å². The Morgan fingerprint density at radius 2 is 1.88 bits per heavy atom. The van der Waals surface area contributed by atoms with Crippen molar-refractivity contribution in [3.63, 3.8) is 0 Å². The van der Waals surface area contributed by atoms with E-state index >= 15 is 0 Å². The van der Waals surface area contributed by atoms with Gasteiger partial charge in [0.1, 0.15) is 11.6 Å². The Balaban J connectivity index is 1.64. The molecule has 0 unspecified atom stereocenters. The van der Waals surface area contributed by atoms with Crippen LogP contribution in [0.1, 0.15) is 11.1 Å². The molecule has 2 aromatic carbocycles. The predicted octanol–water partition coefficient (Wildman–Crippen LogP) is 4.19. The topological polar surface area (TPSA) is 59.1 Å². The van der Waals surface area contributed by atoms with Gasteiger partial charge in [-0.1, -0.05) is 36.4 Å². The number of aryl methyl sites for hydroxylation is 1. The third-order valence-electron chi connectivity index (χ3n) is 3.81. The summed E-state index contributed by atoms with van der Waals surface area (Å²) in [5.41, 5.74) is 3.32. The molecular formula is C20H22N4O. The smallest absolute Gasteiger partial charge is 0.224 e. The van der Waals surface area contributed by atoms with Crippen LogP contribution in [-0.4, -0.2) is 23.6 Å². The fraction of sp³-hybridized carbons (Fsp3) is 0.200. The molecule has 0 fully saturated rings. The number of anilines is 3. The summed E-state index contributed by atoms with van der Waals surface area (Å²) in [7, 11) is 1.66. The molecular weight excluding hydrogens is 312 g/mol. The summed E-state index contributed by atoms with van der Waals surface area (Å²) in [4.78, 5) is 8.79. The first-order valence-electron chi connectivity index (χ1n) is 8.27. The van der Waals surface area contributed by atoms with Gasteiger partial charge in [0.2, 0.25) is 5.95 Å². The molecule has 5 nitrogen and oxygen atoms in total. The molecule has 128 valence electrons. The molecule has 0 saturated carbocycles. The second kappa shape index (κ2) is 8.15. The van der Waals surface area contributed by atoms with Crippen molar-refractivity contribution >= 4 is 17.5 Å². The molecule has 0 saturated heterocycles. The number of ether oxygens (including phenoxy) is 1. The van der Waals surface area contributed by atoms with Gasteiger partial charge in [0.15, 0.2) is 0 Å². The van der Waals surface area contributed by atoms with Crippen LogP contribution in [0, 0.1) is 6.92 Å². The summed E-state index contributed by atoms with van der Waals surface area (Å²) in [5.74, 6) is 2.11. The summed E-state index contributed by atoms with van der Waals surface area (Å²) in [6, 6.07) is 18.2. The Kier molecular flexibility index (Phi) is 5.46. The van der Waals surface area contributed by atoms with E-state index in [1.54, 1.807) is 13.3 Å². The summed E-state index contributed by atoms with van der Waals surface area (Å²) < 4.78 is 5.40. The van der Waals surface area contributed by atoms with Crippen LogP contribution in [0.5, 0.6) is 5.75 Å². The van der Waals surface area contributed by atoms with Gasteiger partial charge < -0.3 is 15.4 Å². The first-order chi connectivity index (χ1) is 12.2. The lowest BCUT2D eigenvalue weighted by molar-refractivity contribution is 0.416. The molecule has 0 atom stereocenters. The van der Waals surface area contributed by atoms with E-state index in [9.17, 15) is 0 Å². The van der Waals surface area contributed by atoms with Gasteiger partial charge in [0.05, 0.1) is 12.8 Å². The van der Waals surface area contributed by atoms with Crippen molar-refractivity contribution in [2.45, 2.75) is 13.3 Å². The first-order valence-corrected chi connectivity index (χ1v) is 8.27. The zero-order chi connectivity index (χ0) is 17.5. The van der Waals surface area contributed by atoms with Crippen LogP contribution in [0.4, 0.5) is 17.5 Å². The predicted molar refractivity (Wildman–Crippen MR) is 102 cm³/mol. The molecule has 1 aromatic heterocycles. The van der Waals surface area contributed by atoms with E-state index in [2.05, 4.69) is 32.7 Å². The number of nitrogens with one attached hydrogen (secondary N) is 2. The van der Waals surface area contributed by atoms with Crippen molar-refractivity contribution in [3.05, 3.63) is 71.9 Å². The summed E-state index contributed by atoms with van der Waals surface area (Å²) in [5, 5.41) is 6.56. The standard InChI is InChI=1S/C20H22N4O/c1-15-8-9-18(25-2)17(14-15)23-19-11-13-22-20(24-19)21-12-10-16-6-4-3-5-7-16/h3-9,11,13-14H,10,12H2,1-2H3,(H2,21,22,23,24). The Labute approximate surface area is 148 Å². The Bertz CT molecular complexity index is 821. The van der Waals surface area contributed by atoms with Gasteiger partial charge in [-0.15, -0.1) is 0 Å². The van der Waals surface area contributed by atoms with E-state index in [4.69, 9.17) is 4.74 Å². The van der Waals surface area contributed by atoms with Gasteiger partial charge in [0.25, 0.3) is 0 Å². The lowest BCUT2D eigenvalue weighted by Gasteiger charge is -2.12. The Hall–Kier alpha value is -3.08. The molecule has 0 bridgehead atoms. The van der Waals surface area contributed by atoms with E-state index in [1.165, 1.54) is 5.56 Å². The molecule has 0 amide bonds. The molecule has 0 aliphatic carbocycles. The molecule has 5 heteroatoms. The minimum atomic E-state index is 0.604. The van der Waals surface area contributed by atoms with E-state index < -0.39 is 0 Å². The van der Waals surface area contributed by atoms with Gasteiger partial charge in [-0.2, -0.15) is 4.98 Å². The summed E-state index contributed by atoms with van der Waals surface area (Å²) in [6.07, 6.45) is 2.66. The van der Waals surface area contributed by atoms with Crippen LogP contribution in [0.2, 0.25) is 0 Å². The number of rotatable bonds is 7. The maximum absolute atomic E-state index is 5.40. The number of methoxy groups -OCH3 is 1. The van der Waals surface area contributed by atoms with E-state index in [1.807, 2.05) is 49.4 Å². The van der Waals surface area contributed by atoms with Gasteiger partial charge in [-0.25, -0.2) is 4.98 Å². The minimum absolute atomic E-state index is 0.604. The fourth-order valence-electron chi connectivity index (χ4n) is 2.53. The van der Waals surface area contributed by atoms with Gasteiger partial charge in [-0.3, -0.25) is 0 Å². The molecule has 3 rings (SSSR count). The number of aromatic nitrogens is 2.